The van der Waals surface area contributed by atoms with Gasteiger partial charge in [0.2, 0.25) is 5.91 Å². The molecule has 1 aromatic carbocycles. The highest BCUT2D eigenvalue weighted by Crippen LogP contribution is 2.21. The molecule has 1 amide bonds. The summed E-state index contributed by atoms with van der Waals surface area (Å²) in [5.74, 6) is 0.725. The molecule has 0 aromatic heterocycles. The summed E-state index contributed by atoms with van der Waals surface area (Å²) in [6.07, 6.45) is 2.71. The van der Waals surface area contributed by atoms with Crippen molar-refractivity contribution in [1.29, 1.82) is 0 Å². The molecule has 3 nitrogen and oxygen atoms in total. The number of carbonyl (C=O) groups excluding carboxylic acids is 1. The number of nitrogens with one attached hydrogen (secondary N) is 2. The summed E-state index contributed by atoms with van der Waals surface area (Å²) in [5.41, 5.74) is 0.891. The molecule has 1 heterocycles. The lowest BCUT2D eigenvalue weighted by atomic mass is 10.0. The molecule has 1 fully saturated rings. The molecule has 0 saturated carbocycles. The predicted molar refractivity (Wildman–Crippen MR) is 85.8 cm³/mol. The maximum absolute atomic E-state index is 11.8. The molecule has 2 rings (SSSR count). The van der Waals surface area contributed by atoms with Crippen LogP contribution in [-0.4, -0.2) is 19.0 Å². The third-order valence-corrected chi connectivity index (χ3v) is 4.02. The Morgan fingerprint density at radius 2 is 2.20 bits per heavy atom. The second kappa shape index (κ2) is 8.73. The fourth-order valence-corrected chi connectivity index (χ4v) is 2.72. The molecule has 0 aliphatic carbocycles. The van der Waals surface area contributed by atoms with E-state index in [-0.39, 0.29) is 18.3 Å². The Balaban J connectivity index is 0.00000200. The number of benzene rings is 1. The van der Waals surface area contributed by atoms with E-state index in [1.165, 1.54) is 6.42 Å². The van der Waals surface area contributed by atoms with E-state index in [4.69, 9.17) is 23.2 Å². The molecule has 6 heteroatoms. The van der Waals surface area contributed by atoms with Crippen LogP contribution in [0.4, 0.5) is 0 Å². The lowest BCUT2D eigenvalue weighted by Gasteiger charge is -2.09. The van der Waals surface area contributed by atoms with Crippen molar-refractivity contribution in [2.24, 2.45) is 5.92 Å². The molecule has 0 spiro atoms. The highest BCUT2D eigenvalue weighted by Gasteiger charge is 2.15. The number of hydrogen-bond acceptors (Lipinski definition) is 2. The maximum Gasteiger partial charge on any atom is 0.220 e. The van der Waals surface area contributed by atoms with Gasteiger partial charge in [0.25, 0.3) is 0 Å². The van der Waals surface area contributed by atoms with E-state index in [1.807, 2.05) is 6.07 Å². The van der Waals surface area contributed by atoms with E-state index in [2.05, 4.69) is 10.6 Å². The highest BCUT2D eigenvalue weighted by molar-refractivity contribution is 6.35. The monoisotopic (exact) mass is 336 g/mol. The summed E-state index contributed by atoms with van der Waals surface area (Å²) in [4.78, 5) is 11.8. The summed E-state index contributed by atoms with van der Waals surface area (Å²) in [7, 11) is 0. The van der Waals surface area contributed by atoms with E-state index in [0.29, 0.717) is 28.9 Å². The first kappa shape index (κ1) is 17.6. The Labute approximate surface area is 135 Å². The summed E-state index contributed by atoms with van der Waals surface area (Å²) < 4.78 is 0. The zero-order valence-corrected chi connectivity index (χ0v) is 13.5. The van der Waals surface area contributed by atoms with Gasteiger partial charge in [-0.25, -0.2) is 0 Å². The van der Waals surface area contributed by atoms with E-state index in [1.54, 1.807) is 12.1 Å². The quantitative estimate of drug-likeness (QED) is 0.864. The van der Waals surface area contributed by atoms with Crippen LogP contribution in [0.1, 0.15) is 24.8 Å². The number of halogens is 3. The lowest BCUT2D eigenvalue weighted by molar-refractivity contribution is -0.121. The number of amides is 1. The minimum Gasteiger partial charge on any atom is -0.352 e. The minimum absolute atomic E-state index is 0. The average Bonchev–Trinajstić information content (AvgIpc) is 2.88. The van der Waals surface area contributed by atoms with E-state index < -0.39 is 0 Å². The SMILES string of the molecule is Cl.O=C(CCC1CCNC1)NCc1ccc(Cl)cc1Cl. The molecular weight excluding hydrogens is 319 g/mol. The van der Waals surface area contributed by atoms with Crippen molar-refractivity contribution in [3.05, 3.63) is 33.8 Å². The second-order valence-corrected chi connectivity index (χ2v) is 5.75. The van der Waals surface area contributed by atoms with Crippen LogP contribution in [0.25, 0.3) is 0 Å². The van der Waals surface area contributed by atoms with Crippen LogP contribution < -0.4 is 10.6 Å². The average molecular weight is 338 g/mol. The largest absolute Gasteiger partial charge is 0.352 e. The molecule has 1 aliphatic rings. The Kier molecular flexibility index (Phi) is 7.67. The van der Waals surface area contributed by atoms with Gasteiger partial charge in [0.1, 0.15) is 0 Å². The third-order valence-electron chi connectivity index (χ3n) is 3.43. The summed E-state index contributed by atoms with van der Waals surface area (Å²) in [6, 6.07) is 5.31. The standard InChI is InChI=1S/C14H18Cl2N2O.ClH/c15-12-3-2-11(13(16)7-12)9-18-14(19)4-1-10-5-6-17-8-10;/h2-3,7,10,17H,1,4-6,8-9H2,(H,18,19);1H. The fraction of sp³-hybridized carbons (Fsp3) is 0.500. The number of carbonyl (C=O) groups is 1. The van der Waals surface area contributed by atoms with E-state index in [0.717, 1.165) is 25.1 Å². The van der Waals surface area contributed by atoms with E-state index >= 15 is 0 Å². The second-order valence-electron chi connectivity index (χ2n) is 4.91. The molecule has 1 aliphatic heterocycles. The molecule has 0 radical (unpaired) electrons. The Morgan fingerprint density at radius 1 is 1.40 bits per heavy atom. The number of rotatable bonds is 5. The van der Waals surface area contributed by atoms with Crippen LogP contribution in [-0.2, 0) is 11.3 Å². The molecule has 1 saturated heterocycles. The topological polar surface area (TPSA) is 41.1 Å². The van der Waals surface area contributed by atoms with Crippen LogP contribution in [0.15, 0.2) is 18.2 Å². The molecule has 20 heavy (non-hydrogen) atoms. The molecule has 1 aromatic rings. The van der Waals surface area contributed by atoms with Gasteiger partial charge in [-0.1, -0.05) is 29.3 Å². The fourth-order valence-electron chi connectivity index (χ4n) is 2.24. The minimum atomic E-state index is 0. The molecule has 2 N–H and O–H groups in total. The first-order valence-corrected chi connectivity index (χ1v) is 7.32. The van der Waals surface area contributed by atoms with Crippen LogP contribution in [0.3, 0.4) is 0 Å². The smallest absolute Gasteiger partial charge is 0.220 e. The zero-order chi connectivity index (χ0) is 13.7. The van der Waals surface area contributed by atoms with Crippen molar-refractivity contribution in [2.45, 2.75) is 25.8 Å². The van der Waals surface area contributed by atoms with E-state index in [9.17, 15) is 4.79 Å². The third kappa shape index (κ3) is 5.49. The summed E-state index contributed by atoms with van der Waals surface area (Å²) >= 11 is 11.9. The van der Waals surface area contributed by atoms with Crippen molar-refractivity contribution in [3.63, 3.8) is 0 Å². The van der Waals surface area contributed by atoms with Crippen LogP contribution in [0.5, 0.6) is 0 Å². The summed E-state index contributed by atoms with van der Waals surface area (Å²) in [5, 5.41) is 7.40. The lowest BCUT2D eigenvalue weighted by Crippen LogP contribution is -2.23. The first-order valence-electron chi connectivity index (χ1n) is 6.56. The van der Waals surface area contributed by atoms with Crippen molar-refractivity contribution in [1.82, 2.24) is 10.6 Å². The molecule has 1 unspecified atom stereocenters. The molecular formula is C14H19Cl3N2O. The Hall–Kier alpha value is -0.480. The van der Waals surface area contributed by atoms with Gasteiger partial charge in [-0.15, -0.1) is 12.4 Å². The van der Waals surface area contributed by atoms with Crippen molar-refractivity contribution in [3.8, 4) is 0 Å². The molecule has 0 bridgehead atoms. The van der Waals surface area contributed by atoms with Crippen LogP contribution in [0.2, 0.25) is 10.0 Å². The van der Waals surface area contributed by atoms with Crippen molar-refractivity contribution >= 4 is 41.5 Å². The van der Waals surface area contributed by atoms with Gasteiger partial charge in [-0.05, 0) is 49.5 Å². The van der Waals surface area contributed by atoms with Gasteiger partial charge >= 0.3 is 0 Å². The number of hydrogen-bond donors (Lipinski definition) is 2. The van der Waals surface area contributed by atoms with Gasteiger partial charge in [0, 0.05) is 23.0 Å². The summed E-state index contributed by atoms with van der Waals surface area (Å²) in [6.45, 7) is 2.57. The van der Waals surface area contributed by atoms with Gasteiger partial charge < -0.3 is 10.6 Å². The normalized spacial score (nSPS) is 17.6. The van der Waals surface area contributed by atoms with Crippen molar-refractivity contribution in [2.75, 3.05) is 13.1 Å². The molecule has 112 valence electrons. The zero-order valence-electron chi connectivity index (χ0n) is 11.1. The predicted octanol–water partition coefficient (Wildman–Crippen LogP) is 3.42. The van der Waals surface area contributed by atoms with Crippen molar-refractivity contribution < 1.29 is 4.79 Å². The molecule has 1 atom stereocenters. The van der Waals surface area contributed by atoms with Gasteiger partial charge in [0.15, 0.2) is 0 Å². The highest BCUT2D eigenvalue weighted by atomic mass is 35.5. The van der Waals surface area contributed by atoms with Gasteiger partial charge in [-0.2, -0.15) is 0 Å². The Bertz CT molecular complexity index is 448. The van der Waals surface area contributed by atoms with Crippen LogP contribution >= 0.6 is 35.6 Å². The van der Waals surface area contributed by atoms with Gasteiger partial charge in [-0.3, -0.25) is 4.79 Å². The first-order chi connectivity index (χ1) is 9.15. The van der Waals surface area contributed by atoms with Crippen LogP contribution in [0, 0.1) is 5.92 Å². The maximum atomic E-state index is 11.8. The van der Waals surface area contributed by atoms with Gasteiger partial charge in [0.05, 0.1) is 0 Å². The Morgan fingerprint density at radius 3 is 2.85 bits per heavy atom.